The Kier molecular flexibility index (Phi) is 9.66. The van der Waals surface area contributed by atoms with Gasteiger partial charge >= 0.3 is 0 Å². The molecule has 1 N–H and O–H groups in total. The quantitative estimate of drug-likeness (QED) is 0.315. The van der Waals surface area contributed by atoms with E-state index in [4.69, 9.17) is 14.2 Å². The average molecular weight is 517 g/mol. The Bertz CT molecular complexity index is 1210. The van der Waals surface area contributed by atoms with Crippen LogP contribution in [0.2, 0.25) is 0 Å². The van der Waals surface area contributed by atoms with Crippen molar-refractivity contribution in [3.05, 3.63) is 88.5 Å². The standard InChI is InChI=1S/C32H40N2O4/c1-5-33-32(35)17-23-7-9-24(10-8-23)21-34(6-2)31-20-28(37-4)15-16-30(31)27-12-11-26-19-29(38-22-36-3)14-13-25(26)18-27/h7-10,13-16,19-20,27H,5-6,11-12,17-18,21-22H2,1-4H3,(H,33,35). The van der Waals surface area contributed by atoms with Crippen LogP contribution in [0.25, 0.3) is 0 Å². The third-order valence-corrected chi connectivity index (χ3v) is 7.28. The van der Waals surface area contributed by atoms with Crippen LogP contribution in [0, 0.1) is 0 Å². The van der Waals surface area contributed by atoms with Crippen molar-refractivity contribution in [2.45, 2.75) is 52.0 Å². The zero-order valence-electron chi connectivity index (χ0n) is 23.1. The summed E-state index contributed by atoms with van der Waals surface area (Å²) in [6.45, 7) is 6.73. The Morgan fingerprint density at radius 2 is 1.71 bits per heavy atom. The van der Waals surface area contributed by atoms with Crippen LogP contribution in [-0.4, -0.2) is 40.0 Å². The van der Waals surface area contributed by atoms with E-state index in [-0.39, 0.29) is 12.7 Å². The summed E-state index contributed by atoms with van der Waals surface area (Å²) >= 11 is 0. The minimum atomic E-state index is 0.0595. The second-order valence-corrected chi connectivity index (χ2v) is 9.81. The third kappa shape index (κ3) is 6.87. The molecule has 3 aromatic carbocycles. The number of carbonyl (C=O) groups is 1. The number of likely N-dealkylation sites (N-methyl/N-ethyl adjacent to an activating group) is 1. The molecule has 6 nitrogen and oxygen atoms in total. The van der Waals surface area contributed by atoms with Gasteiger partial charge in [-0.1, -0.05) is 36.4 Å². The van der Waals surface area contributed by atoms with E-state index in [1.807, 2.05) is 13.0 Å². The van der Waals surface area contributed by atoms with Crippen LogP contribution in [0.1, 0.15) is 54.0 Å². The zero-order chi connectivity index (χ0) is 26.9. The fourth-order valence-corrected chi connectivity index (χ4v) is 5.28. The Hall–Kier alpha value is -3.51. The number of nitrogens with zero attached hydrogens (tertiary/aromatic N) is 1. The first-order valence-corrected chi connectivity index (χ1v) is 13.6. The molecule has 0 radical (unpaired) electrons. The van der Waals surface area contributed by atoms with Crippen LogP contribution in [0.15, 0.2) is 60.7 Å². The Labute approximate surface area is 226 Å². The molecule has 0 spiro atoms. The molecule has 4 rings (SSSR count). The molecule has 1 aliphatic rings. The number of hydrogen-bond donors (Lipinski definition) is 1. The summed E-state index contributed by atoms with van der Waals surface area (Å²) in [4.78, 5) is 14.4. The fourth-order valence-electron chi connectivity index (χ4n) is 5.28. The van der Waals surface area contributed by atoms with Gasteiger partial charge in [-0.15, -0.1) is 0 Å². The summed E-state index contributed by atoms with van der Waals surface area (Å²) < 4.78 is 16.3. The normalized spacial score (nSPS) is 14.5. The molecule has 202 valence electrons. The molecule has 38 heavy (non-hydrogen) atoms. The van der Waals surface area contributed by atoms with Crippen molar-refractivity contribution in [3.63, 3.8) is 0 Å². The molecule has 1 atom stereocenters. The zero-order valence-corrected chi connectivity index (χ0v) is 23.1. The fraction of sp³-hybridized carbons (Fsp3) is 0.406. The van der Waals surface area contributed by atoms with Gasteiger partial charge in [-0.25, -0.2) is 0 Å². The van der Waals surface area contributed by atoms with Crippen molar-refractivity contribution >= 4 is 11.6 Å². The summed E-state index contributed by atoms with van der Waals surface area (Å²) in [6.07, 6.45) is 3.53. The molecule has 1 amide bonds. The number of hydrogen-bond acceptors (Lipinski definition) is 5. The predicted octanol–water partition coefficient (Wildman–Crippen LogP) is 5.66. The first-order valence-electron chi connectivity index (χ1n) is 13.6. The lowest BCUT2D eigenvalue weighted by atomic mass is 9.79. The van der Waals surface area contributed by atoms with Gasteiger partial charge in [0, 0.05) is 38.5 Å². The summed E-state index contributed by atoms with van der Waals surface area (Å²) in [6, 6.07) is 21.3. The second-order valence-electron chi connectivity index (χ2n) is 9.81. The molecular weight excluding hydrogens is 476 g/mol. The van der Waals surface area contributed by atoms with Gasteiger partial charge in [0.2, 0.25) is 5.91 Å². The summed E-state index contributed by atoms with van der Waals surface area (Å²) in [7, 11) is 3.36. The number of carbonyl (C=O) groups excluding carboxylic acids is 1. The van der Waals surface area contributed by atoms with Crippen LogP contribution in [0.3, 0.4) is 0 Å². The Morgan fingerprint density at radius 1 is 0.947 bits per heavy atom. The largest absolute Gasteiger partial charge is 0.497 e. The maximum absolute atomic E-state index is 11.9. The third-order valence-electron chi connectivity index (χ3n) is 7.28. The molecule has 1 unspecified atom stereocenters. The lowest BCUT2D eigenvalue weighted by Gasteiger charge is -2.32. The highest BCUT2D eigenvalue weighted by atomic mass is 16.7. The van der Waals surface area contributed by atoms with Crippen molar-refractivity contribution < 1.29 is 19.0 Å². The molecule has 0 bridgehead atoms. The highest BCUT2D eigenvalue weighted by Crippen LogP contribution is 2.40. The van der Waals surface area contributed by atoms with Crippen LogP contribution >= 0.6 is 0 Å². The number of anilines is 1. The summed E-state index contributed by atoms with van der Waals surface area (Å²) in [5.74, 6) is 2.23. The second kappa shape index (κ2) is 13.3. The molecule has 0 aliphatic heterocycles. The molecule has 0 fully saturated rings. The number of fused-ring (bicyclic) bond motifs is 1. The summed E-state index contributed by atoms with van der Waals surface area (Å²) in [5.41, 5.74) is 7.60. The van der Waals surface area contributed by atoms with Crippen LogP contribution in [0.5, 0.6) is 11.5 Å². The van der Waals surface area contributed by atoms with E-state index in [1.54, 1.807) is 14.2 Å². The first-order chi connectivity index (χ1) is 18.5. The minimum Gasteiger partial charge on any atom is -0.497 e. The molecule has 1 aliphatic carbocycles. The van der Waals surface area contributed by atoms with E-state index in [9.17, 15) is 4.79 Å². The highest BCUT2D eigenvalue weighted by Gasteiger charge is 2.25. The molecule has 0 aromatic heterocycles. The van der Waals surface area contributed by atoms with Crippen molar-refractivity contribution in [1.29, 1.82) is 0 Å². The first kappa shape index (κ1) is 27.5. The highest BCUT2D eigenvalue weighted by molar-refractivity contribution is 5.78. The van der Waals surface area contributed by atoms with Gasteiger partial charge in [0.25, 0.3) is 0 Å². The van der Waals surface area contributed by atoms with E-state index in [0.29, 0.717) is 18.9 Å². The number of nitrogens with one attached hydrogen (secondary N) is 1. The number of rotatable bonds is 12. The number of benzene rings is 3. The van der Waals surface area contributed by atoms with E-state index >= 15 is 0 Å². The van der Waals surface area contributed by atoms with Crippen LogP contribution in [0.4, 0.5) is 5.69 Å². The van der Waals surface area contributed by atoms with E-state index < -0.39 is 0 Å². The Balaban J connectivity index is 1.54. The minimum absolute atomic E-state index is 0.0595. The van der Waals surface area contributed by atoms with E-state index in [1.165, 1.54) is 27.9 Å². The SMILES string of the molecule is CCNC(=O)Cc1ccc(CN(CC)c2cc(OC)ccc2C2CCc3cc(OCOC)ccc3C2)cc1. The van der Waals surface area contributed by atoms with Gasteiger partial charge < -0.3 is 24.4 Å². The predicted molar refractivity (Wildman–Crippen MR) is 152 cm³/mol. The maximum Gasteiger partial charge on any atom is 0.224 e. The van der Waals surface area contributed by atoms with Gasteiger partial charge in [-0.2, -0.15) is 0 Å². The number of aryl methyl sites for hydroxylation is 1. The lowest BCUT2D eigenvalue weighted by Crippen LogP contribution is -2.25. The number of methoxy groups -OCH3 is 2. The molecule has 6 heteroatoms. The van der Waals surface area contributed by atoms with Crippen molar-refractivity contribution in [2.75, 3.05) is 39.0 Å². The van der Waals surface area contributed by atoms with Gasteiger partial charge in [0.15, 0.2) is 6.79 Å². The average Bonchev–Trinajstić information content (AvgIpc) is 2.95. The van der Waals surface area contributed by atoms with Gasteiger partial charge in [0.1, 0.15) is 11.5 Å². The molecular formula is C32H40N2O4. The monoisotopic (exact) mass is 516 g/mol. The van der Waals surface area contributed by atoms with Crippen molar-refractivity contribution in [1.82, 2.24) is 5.32 Å². The molecule has 0 saturated carbocycles. The number of amides is 1. The summed E-state index contributed by atoms with van der Waals surface area (Å²) in [5, 5.41) is 2.87. The number of ether oxygens (including phenoxy) is 3. The van der Waals surface area contributed by atoms with Gasteiger partial charge in [0.05, 0.1) is 13.5 Å². The smallest absolute Gasteiger partial charge is 0.224 e. The Morgan fingerprint density at radius 3 is 2.42 bits per heavy atom. The molecule has 0 saturated heterocycles. The lowest BCUT2D eigenvalue weighted by molar-refractivity contribution is -0.120. The van der Waals surface area contributed by atoms with Crippen molar-refractivity contribution in [2.24, 2.45) is 0 Å². The van der Waals surface area contributed by atoms with Crippen LogP contribution < -0.4 is 19.7 Å². The topological polar surface area (TPSA) is 60.0 Å². The van der Waals surface area contributed by atoms with Gasteiger partial charge in [-0.05, 0) is 85.0 Å². The van der Waals surface area contributed by atoms with Crippen molar-refractivity contribution in [3.8, 4) is 11.5 Å². The van der Waals surface area contributed by atoms with Gasteiger partial charge in [-0.3, -0.25) is 4.79 Å². The van der Waals surface area contributed by atoms with Crippen LogP contribution in [-0.2, 0) is 35.3 Å². The molecule has 0 heterocycles. The molecule has 3 aromatic rings. The van der Waals surface area contributed by atoms with E-state index in [2.05, 4.69) is 71.7 Å². The maximum atomic E-state index is 11.9. The van der Waals surface area contributed by atoms with E-state index in [0.717, 1.165) is 49.4 Å².